The third kappa shape index (κ3) is 4.57. The topological polar surface area (TPSA) is 117 Å². The average molecular weight is 493 g/mol. The Labute approximate surface area is 200 Å². The van der Waals surface area contributed by atoms with Gasteiger partial charge in [0.2, 0.25) is 0 Å². The Morgan fingerprint density at radius 2 is 1.71 bits per heavy atom. The van der Waals surface area contributed by atoms with Crippen molar-refractivity contribution in [3.05, 3.63) is 102 Å². The van der Waals surface area contributed by atoms with Crippen molar-refractivity contribution in [3.63, 3.8) is 0 Å². The second kappa shape index (κ2) is 8.99. The number of nitrogens with zero attached hydrogens (tertiary/aromatic N) is 2. The van der Waals surface area contributed by atoms with Gasteiger partial charge in [-0.3, -0.25) is 4.55 Å². The van der Waals surface area contributed by atoms with Crippen molar-refractivity contribution in [1.82, 2.24) is 14.7 Å². The summed E-state index contributed by atoms with van der Waals surface area (Å²) in [4.78, 5) is 9.16. The molecule has 2 aromatic heterocycles. The first-order valence-electron chi connectivity index (χ1n) is 10.3. The average Bonchev–Trinajstić information content (AvgIpc) is 3.51. The van der Waals surface area contributed by atoms with Gasteiger partial charge in [-0.2, -0.15) is 13.1 Å². The Kier molecular flexibility index (Phi) is 5.88. The molecular weight excluding hydrogens is 472 g/mol. The zero-order valence-corrected chi connectivity index (χ0v) is 19.3. The normalized spacial score (nSPS) is 19.9. The Morgan fingerprint density at radius 1 is 1.00 bits per heavy atom. The van der Waals surface area contributed by atoms with Crippen LogP contribution < -0.4 is 10.0 Å². The molecule has 10 heteroatoms. The Bertz CT molecular complexity index is 1450. The lowest BCUT2D eigenvalue weighted by Gasteiger charge is -2.37. The molecule has 0 saturated carbocycles. The number of rotatable bonds is 7. The molecule has 1 aliphatic rings. The molecule has 0 fully saturated rings. The highest BCUT2D eigenvalue weighted by molar-refractivity contribution is 7.83. The van der Waals surface area contributed by atoms with Gasteiger partial charge in [-0.25, -0.2) is 9.97 Å². The zero-order chi connectivity index (χ0) is 23.6. The summed E-state index contributed by atoms with van der Waals surface area (Å²) >= 11 is 1.43. The molecule has 2 unspecified atom stereocenters. The number of nitrogens with one attached hydrogen (secondary N) is 2. The molecule has 8 nitrogen and oxygen atoms in total. The van der Waals surface area contributed by atoms with E-state index in [-0.39, 0.29) is 6.01 Å². The van der Waals surface area contributed by atoms with Crippen LogP contribution in [0.15, 0.2) is 101 Å². The first-order valence-corrected chi connectivity index (χ1v) is 12.7. The van der Waals surface area contributed by atoms with E-state index < -0.39 is 21.9 Å². The quantitative estimate of drug-likeness (QED) is 0.321. The maximum Gasteiger partial charge on any atom is 0.334 e. The molecule has 2 heterocycles. The molecule has 2 atom stereocenters. The summed E-state index contributed by atoms with van der Waals surface area (Å²) in [6.07, 6.45) is 8.46. The van der Waals surface area contributed by atoms with E-state index in [2.05, 4.69) is 15.0 Å². The van der Waals surface area contributed by atoms with Crippen LogP contribution in [-0.2, 0) is 15.8 Å². The molecule has 0 saturated heterocycles. The van der Waals surface area contributed by atoms with E-state index in [0.717, 1.165) is 16.1 Å². The minimum Gasteiger partial charge on any atom is -0.424 e. The van der Waals surface area contributed by atoms with Gasteiger partial charge in [-0.1, -0.05) is 85.0 Å². The number of hydrogen-bond acceptors (Lipinski definition) is 7. The minimum absolute atomic E-state index is 0.176. The third-order valence-electron chi connectivity index (χ3n) is 5.37. The summed E-state index contributed by atoms with van der Waals surface area (Å²) < 4.78 is 41.4. The second-order valence-electron chi connectivity index (χ2n) is 7.61. The molecule has 0 bridgehead atoms. The largest absolute Gasteiger partial charge is 0.424 e. The number of anilines is 1. The number of hydrogen-bond donors (Lipinski definition) is 3. The molecule has 0 aliphatic heterocycles. The summed E-state index contributed by atoms with van der Waals surface area (Å²) in [6, 6.07) is 18.4. The van der Waals surface area contributed by atoms with Crippen molar-refractivity contribution in [3.8, 4) is 21.9 Å². The molecule has 3 N–H and O–H groups in total. The Balaban J connectivity index is 1.57. The van der Waals surface area contributed by atoms with E-state index in [1.165, 1.54) is 11.3 Å². The molecule has 172 valence electrons. The highest BCUT2D eigenvalue weighted by atomic mass is 32.2. The van der Waals surface area contributed by atoms with Gasteiger partial charge in [0.1, 0.15) is 10.5 Å². The molecule has 4 aromatic rings. The Morgan fingerprint density at radius 3 is 2.41 bits per heavy atom. The second-order valence-corrected chi connectivity index (χ2v) is 9.65. The third-order valence-corrected chi connectivity index (χ3v) is 6.81. The fraction of sp³-hybridized carbons (Fsp3) is 0.0833. The first-order chi connectivity index (χ1) is 16.4. The predicted octanol–water partition coefficient (Wildman–Crippen LogP) is 4.66. The van der Waals surface area contributed by atoms with Crippen molar-refractivity contribution < 1.29 is 17.4 Å². The smallest absolute Gasteiger partial charge is 0.334 e. The minimum atomic E-state index is -4.53. The van der Waals surface area contributed by atoms with Crippen molar-refractivity contribution in [2.75, 3.05) is 5.32 Å². The molecule has 0 amide bonds. The summed E-state index contributed by atoms with van der Waals surface area (Å²) in [6.45, 7) is 0. The highest BCUT2D eigenvalue weighted by Crippen LogP contribution is 2.38. The number of benzene rings is 2. The lowest BCUT2D eigenvalue weighted by Crippen LogP contribution is -2.54. The predicted molar refractivity (Wildman–Crippen MR) is 132 cm³/mol. The number of thiazole rings is 1. The first kappa shape index (κ1) is 22.2. The lowest BCUT2D eigenvalue weighted by atomic mass is 9.84. The fourth-order valence-corrected chi connectivity index (χ4v) is 5.26. The molecule has 5 rings (SSSR count). The van der Waals surface area contributed by atoms with Crippen LogP contribution in [0, 0.1) is 0 Å². The van der Waals surface area contributed by atoms with Gasteiger partial charge < -0.3 is 9.73 Å². The monoisotopic (exact) mass is 492 g/mol. The van der Waals surface area contributed by atoms with Crippen molar-refractivity contribution in [1.29, 1.82) is 0 Å². The van der Waals surface area contributed by atoms with Crippen LogP contribution >= 0.6 is 11.3 Å². The molecule has 34 heavy (non-hydrogen) atoms. The van der Waals surface area contributed by atoms with Crippen LogP contribution in [0.5, 0.6) is 0 Å². The Hall–Kier alpha value is -3.57. The van der Waals surface area contributed by atoms with E-state index in [9.17, 15) is 13.0 Å². The highest BCUT2D eigenvalue weighted by Gasteiger charge is 2.43. The van der Waals surface area contributed by atoms with Crippen molar-refractivity contribution in [2.24, 2.45) is 0 Å². The number of allylic oxidation sites excluding steroid dienone is 2. The van der Waals surface area contributed by atoms with E-state index in [1.807, 2.05) is 66.0 Å². The van der Waals surface area contributed by atoms with E-state index in [1.54, 1.807) is 30.5 Å². The van der Waals surface area contributed by atoms with Gasteiger partial charge in [0, 0.05) is 16.5 Å². The number of aromatic nitrogens is 2. The fourth-order valence-electron chi connectivity index (χ4n) is 3.78. The molecule has 0 radical (unpaired) electrons. The maximum atomic E-state index is 11.8. The summed E-state index contributed by atoms with van der Waals surface area (Å²) in [5.41, 5.74) is 1.11. The van der Waals surface area contributed by atoms with E-state index in [4.69, 9.17) is 9.40 Å². The molecular formula is C24H20N4O4S2. The van der Waals surface area contributed by atoms with Gasteiger partial charge in [0.05, 0.1) is 17.9 Å². The van der Waals surface area contributed by atoms with Crippen LogP contribution in [0.25, 0.3) is 21.9 Å². The van der Waals surface area contributed by atoms with Crippen molar-refractivity contribution >= 4 is 27.7 Å². The van der Waals surface area contributed by atoms with Crippen LogP contribution in [0.2, 0.25) is 0 Å². The maximum absolute atomic E-state index is 11.8. The van der Waals surface area contributed by atoms with Crippen LogP contribution in [-0.4, -0.2) is 29.0 Å². The van der Waals surface area contributed by atoms with E-state index in [0.29, 0.717) is 11.5 Å². The molecule has 1 aliphatic carbocycles. The number of oxazole rings is 1. The zero-order valence-electron chi connectivity index (χ0n) is 17.7. The van der Waals surface area contributed by atoms with Gasteiger partial charge in [0.25, 0.3) is 6.01 Å². The van der Waals surface area contributed by atoms with Crippen molar-refractivity contribution in [2.45, 2.75) is 11.6 Å². The summed E-state index contributed by atoms with van der Waals surface area (Å²) in [5, 5.41) is 5.84. The van der Waals surface area contributed by atoms with Crippen LogP contribution in [0.4, 0.5) is 6.01 Å². The van der Waals surface area contributed by atoms with Crippen LogP contribution in [0.1, 0.15) is 5.69 Å². The molecule has 2 aromatic carbocycles. The summed E-state index contributed by atoms with van der Waals surface area (Å²) in [7, 11) is -4.53. The molecule has 0 spiro atoms. The van der Waals surface area contributed by atoms with Gasteiger partial charge >= 0.3 is 10.3 Å². The van der Waals surface area contributed by atoms with Gasteiger partial charge in [-0.15, -0.1) is 11.3 Å². The van der Waals surface area contributed by atoms with Gasteiger partial charge in [-0.05, 0) is 0 Å². The van der Waals surface area contributed by atoms with Gasteiger partial charge in [0.15, 0.2) is 5.76 Å². The van der Waals surface area contributed by atoms with Crippen LogP contribution in [0.3, 0.4) is 0 Å². The SMILES string of the molecule is O=S(=O)(O)NC1C=CC=CC1(Nc1ncc(-c2ccccc2)o1)c1csc(-c2ccccc2)n1. The standard InChI is InChI=1S/C24H20N4O4S2/c29-34(30,31)28-20-13-7-8-14-24(20,21-16-33-22(26-21)18-11-5-2-6-12-18)27-23-25-15-19(32-23)17-9-3-1-4-10-17/h1-16,20,28H,(H,25,27)(H,29,30,31). The summed E-state index contributed by atoms with van der Waals surface area (Å²) in [5.74, 6) is 0.552. The lowest BCUT2D eigenvalue weighted by molar-refractivity contribution is 0.419. The van der Waals surface area contributed by atoms with E-state index >= 15 is 0 Å².